The highest BCUT2D eigenvalue weighted by atomic mass is 32.2. The van der Waals surface area contributed by atoms with Crippen LogP contribution in [-0.4, -0.2) is 6.26 Å². The van der Waals surface area contributed by atoms with Gasteiger partial charge in [-0.3, -0.25) is 0 Å². The van der Waals surface area contributed by atoms with Crippen LogP contribution in [0.15, 0.2) is 101 Å². The molecular weight excluding hydrogens is 436 g/mol. The van der Waals surface area contributed by atoms with Crippen LogP contribution in [0.25, 0.3) is 43.8 Å². The van der Waals surface area contributed by atoms with Crippen molar-refractivity contribution in [2.24, 2.45) is 0 Å². The Morgan fingerprint density at radius 1 is 0.758 bits per heavy atom. The lowest BCUT2D eigenvalue weighted by atomic mass is 9.91. The molecule has 0 saturated heterocycles. The van der Waals surface area contributed by atoms with Crippen molar-refractivity contribution in [3.63, 3.8) is 0 Å². The van der Waals surface area contributed by atoms with Crippen LogP contribution >= 0.6 is 24.4 Å². The molecule has 0 nitrogen and oxygen atoms in total. The van der Waals surface area contributed by atoms with Gasteiger partial charge in [0.2, 0.25) is 0 Å². The molecule has 5 rings (SSSR count). The molecule has 164 valence electrons. The molecule has 0 radical (unpaired) electrons. The van der Waals surface area contributed by atoms with Crippen molar-refractivity contribution in [3.8, 4) is 22.3 Å². The zero-order valence-electron chi connectivity index (χ0n) is 19.3. The lowest BCUT2D eigenvalue weighted by Gasteiger charge is -2.17. The SMILES string of the molecule is CCC(C)c1cc(SC)c(-c2ccc(-c3c4ccccc4cc4ccccc34)cc2)cc1S. The Kier molecular flexibility index (Phi) is 6.23. The molecule has 0 aliphatic rings. The first-order valence-electron chi connectivity index (χ1n) is 11.5. The standard InChI is InChI=1S/C31H28S2/c1-4-20(2)27-19-30(33-3)28(18-29(27)32)21-13-15-22(16-14-21)31-25-11-7-5-9-23(25)17-24-10-6-8-12-26(24)31/h5-20,32H,4H2,1-3H3. The van der Waals surface area contributed by atoms with Gasteiger partial charge in [-0.1, -0.05) is 86.6 Å². The number of thiol groups is 1. The minimum absolute atomic E-state index is 0.513. The summed E-state index contributed by atoms with van der Waals surface area (Å²) in [5, 5.41) is 5.15. The molecule has 2 heteroatoms. The van der Waals surface area contributed by atoms with Gasteiger partial charge in [0.05, 0.1) is 0 Å². The van der Waals surface area contributed by atoms with Crippen molar-refractivity contribution in [3.05, 3.63) is 96.6 Å². The number of rotatable bonds is 5. The maximum Gasteiger partial charge on any atom is 0.0151 e. The molecule has 33 heavy (non-hydrogen) atoms. The smallest absolute Gasteiger partial charge is 0.0151 e. The van der Waals surface area contributed by atoms with Crippen LogP contribution in [0.4, 0.5) is 0 Å². The van der Waals surface area contributed by atoms with E-state index < -0.39 is 0 Å². The topological polar surface area (TPSA) is 0 Å². The Bertz CT molecular complexity index is 1390. The Hall–Kier alpha value is -2.68. The first-order valence-corrected chi connectivity index (χ1v) is 13.2. The van der Waals surface area contributed by atoms with Gasteiger partial charge >= 0.3 is 0 Å². The van der Waals surface area contributed by atoms with Crippen LogP contribution in [0.3, 0.4) is 0 Å². The van der Waals surface area contributed by atoms with Crippen LogP contribution in [0, 0.1) is 0 Å². The Morgan fingerprint density at radius 2 is 1.33 bits per heavy atom. The first kappa shape index (κ1) is 22.1. The predicted molar refractivity (Wildman–Crippen MR) is 150 cm³/mol. The summed E-state index contributed by atoms with van der Waals surface area (Å²) in [5.74, 6) is 0.513. The van der Waals surface area contributed by atoms with Crippen molar-refractivity contribution < 1.29 is 0 Å². The molecule has 0 aliphatic heterocycles. The highest BCUT2D eigenvalue weighted by Crippen LogP contribution is 2.40. The van der Waals surface area contributed by atoms with Gasteiger partial charge in [-0.25, -0.2) is 0 Å². The van der Waals surface area contributed by atoms with E-state index in [9.17, 15) is 0 Å². The fraction of sp³-hybridized carbons (Fsp3) is 0.161. The van der Waals surface area contributed by atoms with Gasteiger partial charge in [-0.15, -0.1) is 24.4 Å². The van der Waals surface area contributed by atoms with Crippen LogP contribution in [0.2, 0.25) is 0 Å². The molecule has 0 heterocycles. The normalized spacial score (nSPS) is 12.4. The van der Waals surface area contributed by atoms with Crippen molar-refractivity contribution in [2.75, 3.05) is 6.26 Å². The molecular formula is C31H28S2. The molecule has 1 atom stereocenters. The lowest BCUT2D eigenvalue weighted by molar-refractivity contribution is 0.717. The molecule has 0 fully saturated rings. The van der Waals surface area contributed by atoms with E-state index in [0.717, 1.165) is 11.3 Å². The van der Waals surface area contributed by atoms with Crippen LogP contribution in [0.5, 0.6) is 0 Å². The maximum absolute atomic E-state index is 4.85. The summed E-state index contributed by atoms with van der Waals surface area (Å²) in [7, 11) is 0. The largest absolute Gasteiger partial charge is 0.143 e. The quantitative estimate of drug-likeness (QED) is 0.153. The highest BCUT2D eigenvalue weighted by Gasteiger charge is 2.14. The van der Waals surface area contributed by atoms with Gasteiger partial charge in [0.15, 0.2) is 0 Å². The van der Waals surface area contributed by atoms with Crippen molar-refractivity contribution in [1.29, 1.82) is 0 Å². The first-order chi connectivity index (χ1) is 16.1. The molecule has 0 amide bonds. The van der Waals surface area contributed by atoms with E-state index in [1.165, 1.54) is 54.3 Å². The third kappa shape index (κ3) is 4.07. The second-order valence-corrected chi connectivity index (χ2v) is 10.0. The minimum atomic E-state index is 0.513. The Balaban J connectivity index is 1.65. The summed E-state index contributed by atoms with van der Waals surface area (Å²) in [4.78, 5) is 2.40. The monoisotopic (exact) mass is 464 g/mol. The molecule has 0 aliphatic carbocycles. The van der Waals surface area contributed by atoms with Gasteiger partial charge < -0.3 is 0 Å². The average molecular weight is 465 g/mol. The second-order valence-electron chi connectivity index (χ2n) is 8.69. The molecule has 0 spiro atoms. The predicted octanol–water partition coefficient (Wildman–Crippen LogP) is 9.85. The minimum Gasteiger partial charge on any atom is -0.143 e. The summed E-state index contributed by atoms with van der Waals surface area (Å²) < 4.78 is 0. The molecule has 5 aromatic rings. The number of fused-ring (bicyclic) bond motifs is 2. The molecule has 0 aromatic heterocycles. The van der Waals surface area contributed by atoms with E-state index >= 15 is 0 Å². The van der Waals surface area contributed by atoms with E-state index in [0.29, 0.717) is 5.92 Å². The lowest BCUT2D eigenvalue weighted by Crippen LogP contribution is -1.95. The van der Waals surface area contributed by atoms with Crippen molar-refractivity contribution in [1.82, 2.24) is 0 Å². The summed E-state index contributed by atoms with van der Waals surface area (Å²) in [6, 6.07) is 33.3. The van der Waals surface area contributed by atoms with E-state index in [1.54, 1.807) is 0 Å². The van der Waals surface area contributed by atoms with Gasteiger partial charge in [0.25, 0.3) is 0 Å². The zero-order chi connectivity index (χ0) is 22.9. The van der Waals surface area contributed by atoms with Gasteiger partial charge in [-0.2, -0.15) is 0 Å². The fourth-order valence-corrected chi connectivity index (χ4v) is 5.79. The van der Waals surface area contributed by atoms with Gasteiger partial charge in [0, 0.05) is 9.79 Å². The Morgan fingerprint density at radius 3 is 1.91 bits per heavy atom. The zero-order valence-corrected chi connectivity index (χ0v) is 21.0. The second kappa shape index (κ2) is 9.29. The highest BCUT2D eigenvalue weighted by molar-refractivity contribution is 7.98. The van der Waals surface area contributed by atoms with Gasteiger partial charge in [0.1, 0.15) is 0 Å². The van der Waals surface area contributed by atoms with Crippen molar-refractivity contribution in [2.45, 2.75) is 36.0 Å². The third-order valence-electron chi connectivity index (χ3n) is 6.75. The maximum atomic E-state index is 4.85. The van der Waals surface area contributed by atoms with E-state index in [-0.39, 0.29) is 0 Å². The molecule has 1 unspecified atom stereocenters. The van der Waals surface area contributed by atoms with E-state index in [2.05, 4.69) is 111 Å². The summed E-state index contributed by atoms with van der Waals surface area (Å²) in [5.41, 5.74) is 6.39. The summed E-state index contributed by atoms with van der Waals surface area (Å²) >= 11 is 6.66. The molecule has 0 bridgehead atoms. The number of benzene rings is 5. The van der Waals surface area contributed by atoms with Crippen molar-refractivity contribution >= 4 is 45.9 Å². The molecule has 0 saturated carbocycles. The number of hydrogen-bond acceptors (Lipinski definition) is 2. The summed E-state index contributed by atoms with van der Waals surface area (Å²) in [6.07, 6.45) is 3.28. The molecule has 5 aromatic carbocycles. The van der Waals surface area contributed by atoms with Crippen LogP contribution in [0.1, 0.15) is 31.7 Å². The summed E-state index contributed by atoms with van der Waals surface area (Å²) in [6.45, 7) is 4.52. The average Bonchev–Trinajstić information content (AvgIpc) is 2.86. The van der Waals surface area contributed by atoms with E-state index in [4.69, 9.17) is 12.6 Å². The number of thioether (sulfide) groups is 1. The van der Waals surface area contributed by atoms with E-state index in [1.807, 2.05) is 11.8 Å². The van der Waals surface area contributed by atoms with Crippen LogP contribution in [-0.2, 0) is 0 Å². The van der Waals surface area contributed by atoms with Crippen LogP contribution < -0.4 is 0 Å². The number of hydrogen-bond donors (Lipinski definition) is 1. The Labute approximate surface area is 206 Å². The molecule has 0 N–H and O–H groups in total. The fourth-order valence-electron chi connectivity index (χ4n) is 4.73. The van der Waals surface area contributed by atoms with Gasteiger partial charge in [-0.05, 0) is 86.2 Å². The third-order valence-corrected chi connectivity index (χ3v) is 7.91.